The summed E-state index contributed by atoms with van der Waals surface area (Å²) in [6.07, 6.45) is 5.00. The van der Waals surface area contributed by atoms with E-state index in [1.54, 1.807) is 23.0 Å². The number of anilines is 2. The van der Waals surface area contributed by atoms with Gasteiger partial charge in [0.05, 0.1) is 35.8 Å². The summed E-state index contributed by atoms with van der Waals surface area (Å²) in [5.41, 5.74) is 6.46. The summed E-state index contributed by atoms with van der Waals surface area (Å²) >= 11 is 0. The van der Waals surface area contributed by atoms with Crippen molar-refractivity contribution in [3.05, 3.63) is 59.7 Å². The van der Waals surface area contributed by atoms with E-state index < -0.39 is 5.91 Å². The Morgan fingerprint density at radius 2 is 2.11 bits per heavy atom. The number of hydrogen-bond donors (Lipinski definition) is 2. The van der Waals surface area contributed by atoms with Crippen molar-refractivity contribution >= 4 is 17.3 Å². The van der Waals surface area contributed by atoms with E-state index in [-0.39, 0.29) is 0 Å². The number of carbonyl (C=O) groups is 1. The Hall–Kier alpha value is -3.70. The zero-order valence-corrected chi connectivity index (χ0v) is 15.1. The third-order valence-corrected chi connectivity index (χ3v) is 3.94. The summed E-state index contributed by atoms with van der Waals surface area (Å²) in [5.74, 6) is -0.436. The van der Waals surface area contributed by atoms with Gasteiger partial charge < -0.3 is 5.32 Å². The van der Waals surface area contributed by atoms with Crippen molar-refractivity contribution in [3.63, 3.8) is 0 Å². The van der Waals surface area contributed by atoms with Crippen LogP contribution >= 0.6 is 0 Å². The van der Waals surface area contributed by atoms with Gasteiger partial charge in [0.25, 0.3) is 5.91 Å². The summed E-state index contributed by atoms with van der Waals surface area (Å²) in [4.78, 5) is 21.1. The highest BCUT2D eigenvalue weighted by Gasteiger charge is 2.16. The summed E-state index contributed by atoms with van der Waals surface area (Å²) in [6.45, 7) is 1.82. The quantitative estimate of drug-likeness (QED) is 0.676. The minimum absolute atomic E-state index is 0.304. The van der Waals surface area contributed by atoms with Gasteiger partial charge in [0.15, 0.2) is 0 Å². The number of nitriles is 1. The highest BCUT2D eigenvalue weighted by atomic mass is 16.6. The topological polar surface area (TPSA) is 105 Å². The fraction of sp³-hybridized carbons (Fsp3) is 0.158. The minimum Gasteiger partial charge on any atom is -0.354 e. The van der Waals surface area contributed by atoms with Gasteiger partial charge in [0.2, 0.25) is 0 Å². The number of rotatable bonds is 5. The molecular formula is C19H18N6O2. The molecule has 8 nitrogen and oxygen atoms in total. The Morgan fingerprint density at radius 1 is 1.30 bits per heavy atom. The van der Waals surface area contributed by atoms with Crippen LogP contribution in [0.2, 0.25) is 0 Å². The van der Waals surface area contributed by atoms with Crippen molar-refractivity contribution < 1.29 is 9.63 Å². The van der Waals surface area contributed by atoms with Gasteiger partial charge in [-0.2, -0.15) is 10.4 Å². The van der Waals surface area contributed by atoms with Crippen LogP contribution in [0, 0.1) is 18.3 Å². The lowest BCUT2D eigenvalue weighted by Crippen LogP contribution is -2.23. The van der Waals surface area contributed by atoms with Gasteiger partial charge >= 0.3 is 0 Å². The van der Waals surface area contributed by atoms with Gasteiger partial charge in [-0.15, -0.1) is 0 Å². The molecule has 0 radical (unpaired) electrons. The lowest BCUT2D eigenvalue weighted by molar-refractivity contribution is 0.0538. The summed E-state index contributed by atoms with van der Waals surface area (Å²) in [7, 11) is 3.18. The number of nitrogens with one attached hydrogen (secondary N) is 2. The molecule has 0 saturated carbocycles. The molecule has 2 aromatic heterocycles. The minimum atomic E-state index is -0.436. The summed E-state index contributed by atoms with van der Waals surface area (Å²) in [5, 5.41) is 17.1. The van der Waals surface area contributed by atoms with E-state index in [2.05, 4.69) is 26.9 Å². The predicted octanol–water partition coefficient (Wildman–Crippen LogP) is 2.70. The predicted molar refractivity (Wildman–Crippen MR) is 100 cm³/mol. The van der Waals surface area contributed by atoms with E-state index in [0.29, 0.717) is 22.5 Å². The first kappa shape index (κ1) is 18.1. The van der Waals surface area contributed by atoms with Crippen LogP contribution in [0.3, 0.4) is 0 Å². The molecule has 2 N–H and O–H groups in total. The normalized spacial score (nSPS) is 10.3. The van der Waals surface area contributed by atoms with E-state index in [9.17, 15) is 10.1 Å². The number of carbonyl (C=O) groups excluding carboxylic acids is 1. The molecule has 0 bridgehead atoms. The van der Waals surface area contributed by atoms with Crippen molar-refractivity contribution in [1.82, 2.24) is 20.2 Å². The number of amides is 1. The van der Waals surface area contributed by atoms with E-state index in [1.807, 2.05) is 32.3 Å². The van der Waals surface area contributed by atoms with Crippen molar-refractivity contribution in [2.75, 3.05) is 12.4 Å². The van der Waals surface area contributed by atoms with Gasteiger partial charge in [-0.3, -0.25) is 19.3 Å². The Kier molecular flexibility index (Phi) is 5.15. The van der Waals surface area contributed by atoms with E-state index in [1.165, 1.54) is 13.3 Å². The van der Waals surface area contributed by atoms with Crippen molar-refractivity contribution in [1.29, 1.82) is 5.26 Å². The third-order valence-electron chi connectivity index (χ3n) is 3.94. The fourth-order valence-electron chi connectivity index (χ4n) is 2.71. The standard InChI is InChI=1S/C19H18N6O2/c1-12-7-18(16(10-21-12)19(26)24-27-3)23-17-6-4-5-14(15(17)8-20)13-9-22-25(2)11-13/h4-7,9-11H,1-3H3,(H,21,23)(H,24,26). The number of aryl methyl sites for hydroxylation is 2. The molecule has 3 aromatic rings. The second-order valence-electron chi connectivity index (χ2n) is 5.87. The van der Waals surface area contributed by atoms with Gasteiger partial charge in [0, 0.05) is 36.3 Å². The van der Waals surface area contributed by atoms with Gasteiger partial charge in [0.1, 0.15) is 6.07 Å². The van der Waals surface area contributed by atoms with Crippen LogP contribution in [0.4, 0.5) is 11.4 Å². The maximum absolute atomic E-state index is 12.2. The Morgan fingerprint density at radius 3 is 2.78 bits per heavy atom. The first-order chi connectivity index (χ1) is 13.0. The molecule has 3 rings (SSSR count). The van der Waals surface area contributed by atoms with Crippen LogP contribution in [-0.2, 0) is 11.9 Å². The largest absolute Gasteiger partial charge is 0.354 e. The second kappa shape index (κ2) is 7.68. The molecule has 0 aliphatic carbocycles. The Balaban J connectivity index is 2.06. The molecule has 8 heteroatoms. The molecule has 0 unspecified atom stereocenters. The number of pyridine rings is 1. The molecule has 27 heavy (non-hydrogen) atoms. The lowest BCUT2D eigenvalue weighted by atomic mass is 10.0. The smallest absolute Gasteiger partial charge is 0.278 e. The monoisotopic (exact) mass is 362 g/mol. The van der Waals surface area contributed by atoms with Crippen LogP contribution < -0.4 is 10.8 Å². The van der Waals surface area contributed by atoms with Crippen LogP contribution in [0.25, 0.3) is 11.1 Å². The fourth-order valence-corrected chi connectivity index (χ4v) is 2.71. The number of hydroxylamine groups is 1. The molecule has 0 saturated heterocycles. The van der Waals surface area contributed by atoms with Gasteiger partial charge in [-0.1, -0.05) is 12.1 Å². The zero-order valence-electron chi connectivity index (χ0n) is 15.1. The van der Waals surface area contributed by atoms with Crippen LogP contribution in [-0.4, -0.2) is 27.8 Å². The van der Waals surface area contributed by atoms with E-state index in [0.717, 1.165) is 16.8 Å². The Labute approximate surface area is 156 Å². The van der Waals surface area contributed by atoms with Gasteiger partial charge in [-0.05, 0) is 19.1 Å². The number of nitrogens with zero attached hydrogens (tertiary/aromatic N) is 4. The lowest BCUT2D eigenvalue weighted by Gasteiger charge is -2.14. The van der Waals surface area contributed by atoms with Crippen molar-refractivity contribution in [2.45, 2.75) is 6.92 Å². The molecular weight excluding hydrogens is 344 g/mol. The van der Waals surface area contributed by atoms with Gasteiger partial charge in [-0.25, -0.2) is 5.48 Å². The first-order valence-corrected chi connectivity index (χ1v) is 8.12. The summed E-state index contributed by atoms with van der Waals surface area (Å²) in [6, 6.07) is 9.46. The highest BCUT2D eigenvalue weighted by Crippen LogP contribution is 2.31. The molecule has 0 atom stereocenters. The van der Waals surface area contributed by atoms with Crippen LogP contribution in [0.1, 0.15) is 21.6 Å². The van der Waals surface area contributed by atoms with Crippen molar-refractivity contribution in [3.8, 4) is 17.2 Å². The average molecular weight is 362 g/mol. The number of hydrogen-bond acceptors (Lipinski definition) is 6. The zero-order chi connectivity index (χ0) is 19.4. The molecule has 1 aromatic carbocycles. The van der Waals surface area contributed by atoms with Crippen LogP contribution in [0.15, 0.2) is 42.9 Å². The van der Waals surface area contributed by atoms with E-state index in [4.69, 9.17) is 4.84 Å². The molecule has 0 fully saturated rings. The Bertz CT molecular complexity index is 1030. The molecule has 2 heterocycles. The maximum atomic E-state index is 12.2. The second-order valence-corrected chi connectivity index (χ2v) is 5.87. The average Bonchev–Trinajstić information content (AvgIpc) is 3.08. The number of aromatic nitrogens is 3. The molecule has 0 aliphatic heterocycles. The molecule has 0 spiro atoms. The molecule has 136 valence electrons. The van der Waals surface area contributed by atoms with E-state index >= 15 is 0 Å². The van der Waals surface area contributed by atoms with Crippen LogP contribution in [0.5, 0.6) is 0 Å². The molecule has 0 aliphatic rings. The van der Waals surface area contributed by atoms with Crippen molar-refractivity contribution in [2.24, 2.45) is 7.05 Å². The third kappa shape index (κ3) is 3.78. The molecule has 1 amide bonds. The number of benzene rings is 1. The summed E-state index contributed by atoms with van der Waals surface area (Å²) < 4.78 is 1.68. The first-order valence-electron chi connectivity index (χ1n) is 8.12. The highest BCUT2D eigenvalue weighted by molar-refractivity contribution is 5.99. The SMILES string of the molecule is CONC(=O)c1cnc(C)cc1Nc1cccc(-c2cnn(C)c2)c1C#N. The maximum Gasteiger partial charge on any atom is 0.278 e.